The Balaban J connectivity index is 2.39. The first-order valence-electron chi connectivity index (χ1n) is 6.14. The number of para-hydroxylation sites is 1. The minimum atomic E-state index is -3.67. The van der Waals surface area contributed by atoms with Gasteiger partial charge in [0, 0.05) is 11.8 Å². The lowest BCUT2D eigenvalue weighted by Crippen LogP contribution is -2.10. The molecule has 0 bridgehead atoms. The van der Waals surface area contributed by atoms with Gasteiger partial charge in [0.15, 0.2) is 0 Å². The van der Waals surface area contributed by atoms with E-state index in [4.69, 9.17) is 53.1 Å². The quantitative estimate of drug-likeness (QED) is 0.326. The van der Waals surface area contributed by atoms with Crippen molar-refractivity contribution in [2.75, 3.05) is 38.2 Å². The van der Waals surface area contributed by atoms with Gasteiger partial charge in [0.2, 0.25) is 0 Å². The maximum atomic E-state index is 12.1. The second-order valence-corrected chi connectivity index (χ2v) is 6.44. The highest BCUT2D eigenvalue weighted by atomic mass is 35.5. The molecule has 0 radical (unpaired) electrons. The molecule has 1 rings (SSSR count). The predicted octanol–water partition coefficient (Wildman–Crippen LogP) is 4.35. The Morgan fingerprint density at radius 1 is 0.905 bits per heavy atom. The lowest BCUT2D eigenvalue weighted by Gasteiger charge is -2.17. The molecular weight excluding hydrogens is 361 g/mol. The molecule has 9 heteroatoms. The van der Waals surface area contributed by atoms with Gasteiger partial charge in [0.1, 0.15) is 12.4 Å². The average molecular weight is 378 g/mol. The largest absolute Gasteiger partial charge is 0.490 e. The molecule has 0 aromatic heterocycles. The van der Waals surface area contributed by atoms with Gasteiger partial charge in [-0.2, -0.15) is 0 Å². The molecule has 1 aromatic carbocycles. The van der Waals surface area contributed by atoms with E-state index in [0.29, 0.717) is 10.8 Å². The van der Waals surface area contributed by atoms with Crippen LogP contribution in [-0.4, -0.2) is 38.2 Å². The summed E-state index contributed by atoms with van der Waals surface area (Å²) in [7, 11) is -3.67. The molecular formula is C12H16Cl3O5P. The van der Waals surface area contributed by atoms with Crippen molar-refractivity contribution in [2.45, 2.75) is 0 Å². The van der Waals surface area contributed by atoms with Crippen LogP contribution in [0.4, 0.5) is 0 Å². The van der Waals surface area contributed by atoms with Gasteiger partial charge in [0.05, 0.1) is 24.8 Å². The second-order valence-electron chi connectivity index (χ2n) is 3.60. The summed E-state index contributed by atoms with van der Waals surface area (Å²) >= 11 is 16.9. The van der Waals surface area contributed by atoms with Crippen molar-refractivity contribution in [2.24, 2.45) is 0 Å². The Bertz CT molecular complexity index is 448. The number of halogens is 3. The summed E-state index contributed by atoms with van der Waals surface area (Å²) in [6.07, 6.45) is 0. The molecule has 0 N–H and O–H groups in total. The number of rotatable bonds is 11. The van der Waals surface area contributed by atoms with E-state index in [1.165, 1.54) is 0 Å². The number of benzene rings is 1. The molecule has 0 saturated heterocycles. The number of phosphoric ester groups is 1. The van der Waals surface area contributed by atoms with Crippen LogP contribution in [0.2, 0.25) is 5.02 Å². The molecule has 0 aliphatic heterocycles. The van der Waals surface area contributed by atoms with E-state index >= 15 is 0 Å². The predicted molar refractivity (Wildman–Crippen MR) is 83.8 cm³/mol. The fourth-order valence-corrected chi connectivity index (χ4v) is 2.98. The third-order valence-corrected chi connectivity index (χ3v) is 4.20. The normalized spacial score (nSPS) is 11.6. The van der Waals surface area contributed by atoms with E-state index in [9.17, 15) is 4.57 Å². The smallest absolute Gasteiger partial charge is 0.474 e. The standard InChI is InChI=1S/C12H16Cl3O5P/c13-5-7-18-21(16,19-8-6-14)20-10-9-17-12-4-2-1-3-11(12)15/h1-4H,5-10H2. The molecule has 0 atom stereocenters. The number of ether oxygens (including phenoxy) is 1. The van der Waals surface area contributed by atoms with Crippen molar-refractivity contribution in [3.8, 4) is 5.75 Å². The minimum Gasteiger partial charge on any atom is -0.490 e. The second kappa shape index (κ2) is 10.7. The van der Waals surface area contributed by atoms with Crippen LogP contribution in [0.3, 0.4) is 0 Å². The van der Waals surface area contributed by atoms with Crippen LogP contribution in [0.1, 0.15) is 0 Å². The van der Waals surface area contributed by atoms with Crippen molar-refractivity contribution in [3.63, 3.8) is 0 Å². The third-order valence-electron chi connectivity index (χ3n) is 2.08. The monoisotopic (exact) mass is 376 g/mol. The van der Waals surface area contributed by atoms with E-state index in [1.54, 1.807) is 24.3 Å². The van der Waals surface area contributed by atoms with Crippen molar-refractivity contribution in [1.29, 1.82) is 0 Å². The highest BCUT2D eigenvalue weighted by Gasteiger charge is 2.26. The summed E-state index contributed by atoms with van der Waals surface area (Å²) in [5.41, 5.74) is 0. The first kappa shape index (κ1) is 19.0. The molecule has 0 spiro atoms. The van der Waals surface area contributed by atoms with Gasteiger partial charge in [-0.3, -0.25) is 13.6 Å². The fraction of sp³-hybridized carbons (Fsp3) is 0.500. The fourth-order valence-electron chi connectivity index (χ4n) is 1.27. The SMILES string of the molecule is O=P(OCCCl)(OCCCl)OCCOc1ccccc1Cl. The van der Waals surface area contributed by atoms with Gasteiger partial charge >= 0.3 is 7.82 Å². The topological polar surface area (TPSA) is 54.0 Å². The van der Waals surface area contributed by atoms with E-state index in [0.717, 1.165) is 0 Å². The molecule has 0 heterocycles. The van der Waals surface area contributed by atoms with Crippen LogP contribution in [-0.2, 0) is 18.1 Å². The number of hydrogen-bond donors (Lipinski definition) is 0. The zero-order valence-corrected chi connectivity index (χ0v) is 14.3. The zero-order chi connectivity index (χ0) is 15.6. The lowest BCUT2D eigenvalue weighted by molar-refractivity contribution is 0.108. The molecule has 0 aliphatic rings. The first-order chi connectivity index (χ1) is 10.1. The number of hydrogen-bond acceptors (Lipinski definition) is 5. The van der Waals surface area contributed by atoms with Crippen molar-refractivity contribution < 1.29 is 22.9 Å². The summed E-state index contributed by atoms with van der Waals surface area (Å²) in [6.45, 7) is 0.244. The molecule has 0 aliphatic carbocycles. The van der Waals surface area contributed by atoms with Crippen molar-refractivity contribution in [3.05, 3.63) is 29.3 Å². The molecule has 0 unspecified atom stereocenters. The van der Waals surface area contributed by atoms with Crippen LogP contribution in [0.5, 0.6) is 5.75 Å². The summed E-state index contributed by atoms with van der Waals surface area (Å²) in [4.78, 5) is 0. The molecule has 0 fully saturated rings. The van der Waals surface area contributed by atoms with Crippen LogP contribution >= 0.6 is 42.6 Å². The third kappa shape index (κ3) is 7.71. The maximum Gasteiger partial charge on any atom is 0.474 e. The highest BCUT2D eigenvalue weighted by Crippen LogP contribution is 2.49. The van der Waals surface area contributed by atoms with E-state index < -0.39 is 7.82 Å². The van der Waals surface area contributed by atoms with Crippen molar-refractivity contribution in [1.82, 2.24) is 0 Å². The number of alkyl halides is 2. The minimum absolute atomic E-state index is 0.00702. The maximum absolute atomic E-state index is 12.1. The van der Waals surface area contributed by atoms with Gasteiger partial charge in [-0.25, -0.2) is 4.57 Å². The number of phosphoric acid groups is 1. The average Bonchev–Trinajstić information content (AvgIpc) is 2.49. The molecule has 120 valence electrons. The van der Waals surface area contributed by atoms with Crippen LogP contribution in [0, 0.1) is 0 Å². The molecule has 5 nitrogen and oxygen atoms in total. The van der Waals surface area contributed by atoms with Gasteiger partial charge in [-0.05, 0) is 12.1 Å². The Labute approximate surface area is 139 Å². The van der Waals surface area contributed by atoms with E-state index in [1.807, 2.05) is 0 Å². The van der Waals surface area contributed by atoms with Gasteiger partial charge in [-0.15, -0.1) is 23.2 Å². The highest BCUT2D eigenvalue weighted by molar-refractivity contribution is 7.48. The first-order valence-corrected chi connectivity index (χ1v) is 9.05. The van der Waals surface area contributed by atoms with E-state index in [2.05, 4.69) is 0 Å². The van der Waals surface area contributed by atoms with Crippen LogP contribution in [0.15, 0.2) is 24.3 Å². The van der Waals surface area contributed by atoms with Gasteiger partial charge < -0.3 is 4.74 Å². The molecule has 1 aromatic rings. The lowest BCUT2D eigenvalue weighted by atomic mass is 10.3. The van der Waals surface area contributed by atoms with Crippen LogP contribution in [0.25, 0.3) is 0 Å². The van der Waals surface area contributed by atoms with E-state index in [-0.39, 0.29) is 38.2 Å². The Morgan fingerprint density at radius 3 is 2.05 bits per heavy atom. The molecule has 0 saturated carbocycles. The van der Waals surface area contributed by atoms with Crippen LogP contribution < -0.4 is 4.74 Å². The van der Waals surface area contributed by atoms with Crippen molar-refractivity contribution >= 4 is 42.6 Å². The zero-order valence-electron chi connectivity index (χ0n) is 11.2. The molecule has 21 heavy (non-hydrogen) atoms. The van der Waals surface area contributed by atoms with Gasteiger partial charge in [-0.1, -0.05) is 23.7 Å². The summed E-state index contributed by atoms with van der Waals surface area (Å²) in [5.74, 6) is 0.863. The Kier molecular flexibility index (Phi) is 9.69. The summed E-state index contributed by atoms with van der Waals surface area (Å²) in [6, 6.07) is 7.01. The summed E-state index contributed by atoms with van der Waals surface area (Å²) in [5, 5.41) is 0.484. The summed E-state index contributed by atoms with van der Waals surface area (Å²) < 4.78 is 32.7. The van der Waals surface area contributed by atoms with Gasteiger partial charge in [0.25, 0.3) is 0 Å². The Morgan fingerprint density at radius 2 is 1.48 bits per heavy atom. The molecule has 0 amide bonds. The Hall–Kier alpha value is -0.000000000000000111.